The van der Waals surface area contributed by atoms with Crippen molar-refractivity contribution in [1.82, 2.24) is 19.9 Å². The van der Waals surface area contributed by atoms with Gasteiger partial charge in [-0.25, -0.2) is 9.97 Å². The molecule has 0 unspecified atom stereocenters. The first-order valence-electron chi connectivity index (χ1n) is 16.1. The number of aromatic nitrogens is 4. The van der Waals surface area contributed by atoms with Crippen molar-refractivity contribution in [2.75, 3.05) is 0 Å². The smallest absolute Gasteiger partial charge is 0.0978 e. The molecule has 48 heavy (non-hydrogen) atoms. The molecule has 4 heterocycles. The molecule has 0 aliphatic heterocycles. The highest BCUT2D eigenvalue weighted by molar-refractivity contribution is 6.27. The van der Waals surface area contributed by atoms with Crippen molar-refractivity contribution in [3.63, 3.8) is 0 Å². The van der Waals surface area contributed by atoms with Gasteiger partial charge in [0.05, 0.1) is 33.6 Å². The molecule has 0 saturated heterocycles. The lowest BCUT2D eigenvalue weighted by Crippen LogP contribution is -1.92. The molecule has 0 N–H and O–H groups in total. The lowest BCUT2D eigenvalue weighted by atomic mass is 9.89. The van der Waals surface area contributed by atoms with Gasteiger partial charge in [-0.3, -0.25) is 9.97 Å². The van der Waals surface area contributed by atoms with Crippen LogP contribution < -0.4 is 0 Å². The summed E-state index contributed by atoms with van der Waals surface area (Å²) < 4.78 is 0. The summed E-state index contributed by atoms with van der Waals surface area (Å²) in [5, 5.41) is 10.7. The van der Waals surface area contributed by atoms with E-state index in [1.165, 1.54) is 37.9 Å². The Balaban J connectivity index is 1.21. The second-order valence-electron chi connectivity index (χ2n) is 12.2. The fraction of sp³-hybridized carbons (Fsp3) is 0. The van der Waals surface area contributed by atoms with Crippen LogP contribution in [0.15, 0.2) is 158 Å². The zero-order chi connectivity index (χ0) is 31.6. The van der Waals surface area contributed by atoms with Crippen molar-refractivity contribution in [1.29, 1.82) is 0 Å². The Labute approximate surface area is 276 Å². The molecule has 0 aliphatic rings. The lowest BCUT2D eigenvalue weighted by Gasteiger charge is -2.16. The van der Waals surface area contributed by atoms with E-state index in [0.717, 1.165) is 60.9 Å². The molecule has 4 aromatic heterocycles. The fourth-order valence-electron chi connectivity index (χ4n) is 7.33. The van der Waals surface area contributed by atoms with Gasteiger partial charge in [0.15, 0.2) is 0 Å². The molecule has 222 valence electrons. The molecule has 0 amide bonds. The van der Waals surface area contributed by atoms with Crippen LogP contribution >= 0.6 is 0 Å². The zero-order valence-electron chi connectivity index (χ0n) is 25.8. The van der Waals surface area contributed by atoms with E-state index in [2.05, 4.69) is 120 Å². The SMILES string of the molecule is c1ccc(-c2cccc(-c3ccc4c5ccc(-c6c7ccccc7nc7c6ccc6cccnc67)cc5c5ccccc5c4c3)n2)nc1. The van der Waals surface area contributed by atoms with E-state index in [-0.39, 0.29) is 0 Å². The quantitative estimate of drug-likeness (QED) is 0.147. The highest BCUT2D eigenvalue weighted by Gasteiger charge is 2.17. The molecule has 6 aromatic carbocycles. The van der Waals surface area contributed by atoms with Crippen molar-refractivity contribution in [3.05, 3.63) is 158 Å². The number of hydrogen-bond donors (Lipinski definition) is 0. The van der Waals surface area contributed by atoms with Gasteiger partial charge in [-0.05, 0) is 86.4 Å². The number of nitrogens with zero attached hydrogens (tertiary/aromatic N) is 4. The van der Waals surface area contributed by atoms with E-state index in [9.17, 15) is 0 Å². The Hall–Kier alpha value is -6.52. The highest BCUT2D eigenvalue weighted by Crippen LogP contribution is 2.42. The molecule has 0 aliphatic carbocycles. The van der Waals surface area contributed by atoms with Crippen LogP contribution in [0.5, 0.6) is 0 Å². The zero-order valence-corrected chi connectivity index (χ0v) is 25.8. The molecular formula is C44H26N4. The lowest BCUT2D eigenvalue weighted by molar-refractivity contribution is 1.25. The van der Waals surface area contributed by atoms with Crippen molar-refractivity contribution >= 4 is 65.0 Å². The Morgan fingerprint density at radius 2 is 0.979 bits per heavy atom. The predicted molar refractivity (Wildman–Crippen MR) is 199 cm³/mol. The number of hydrogen-bond acceptors (Lipinski definition) is 4. The molecule has 0 radical (unpaired) electrons. The number of fused-ring (bicyclic) bond motifs is 10. The summed E-state index contributed by atoms with van der Waals surface area (Å²) in [6, 6.07) is 51.4. The Bertz CT molecular complexity index is 2880. The van der Waals surface area contributed by atoms with E-state index in [0.29, 0.717) is 0 Å². The van der Waals surface area contributed by atoms with Gasteiger partial charge in [0, 0.05) is 39.7 Å². The Morgan fingerprint density at radius 3 is 1.79 bits per heavy atom. The van der Waals surface area contributed by atoms with Gasteiger partial charge in [-0.2, -0.15) is 0 Å². The second kappa shape index (κ2) is 10.5. The maximum atomic E-state index is 5.13. The van der Waals surface area contributed by atoms with E-state index < -0.39 is 0 Å². The molecule has 0 atom stereocenters. The first-order valence-corrected chi connectivity index (χ1v) is 16.1. The molecule has 0 bridgehead atoms. The fourth-order valence-corrected chi connectivity index (χ4v) is 7.33. The largest absolute Gasteiger partial charge is 0.255 e. The molecule has 4 heteroatoms. The third-order valence-electron chi connectivity index (χ3n) is 9.52. The summed E-state index contributed by atoms with van der Waals surface area (Å²) in [4.78, 5) is 19.4. The van der Waals surface area contributed by atoms with Gasteiger partial charge < -0.3 is 0 Å². The minimum Gasteiger partial charge on any atom is -0.255 e. The van der Waals surface area contributed by atoms with Crippen LogP contribution in [-0.4, -0.2) is 19.9 Å². The highest BCUT2D eigenvalue weighted by atomic mass is 14.8. The molecule has 10 rings (SSSR count). The number of benzene rings is 6. The Morgan fingerprint density at radius 1 is 0.333 bits per heavy atom. The normalized spacial score (nSPS) is 11.8. The van der Waals surface area contributed by atoms with Gasteiger partial charge in [0.2, 0.25) is 0 Å². The molecule has 0 spiro atoms. The summed E-state index contributed by atoms with van der Waals surface area (Å²) in [6.07, 6.45) is 3.66. The van der Waals surface area contributed by atoms with E-state index in [1.54, 1.807) is 6.20 Å². The maximum Gasteiger partial charge on any atom is 0.0978 e. The summed E-state index contributed by atoms with van der Waals surface area (Å²) in [5.41, 5.74) is 8.91. The molecule has 0 fully saturated rings. The summed E-state index contributed by atoms with van der Waals surface area (Å²) in [5.74, 6) is 0. The molecular weight excluding hydrogens is 585 g/mol. The first-order chi connectivity index (χ1) is 23.8. The van der Waals surface area contributed by atoms with Crippen LogP contribution in [0.3, 0.4) is 0 Å². The van der Waals surface area contributed by atoms with Gasteiger partial charge in [0.25, 0.3) is 0 Å². The number of para-hydroxylation sites is 1. The average molecular weight is 611 g/mol. The van der Waals surface area contributed by atoms with Crippen LogP contribution in [0.2, 0.25) is 0 Å². The van der Waals surface area contributed by atoms with Gasteiger partial charge in [-0.15, -0.1) is 0 Å². The molecule has 10 aromatic rings. The first kappa shape index (κ1) is 26.7. The van der Waals surface area contributed by atoms with Crippen molar-refractivity contribution in [2.45, 2.75) is 0 Å². The van der Waals surface area contributed by atoms with E-state index >= 15 is 0 Å². The summed E-state index contributed by atoms with van der Waals surface area (Å²) >= 11 is 0. The van der Waals surface area contributed by atoms with Crippen molar-refractivity contribution < 1.29 is 0 Å². The average Bonchev–Trinajstić information content (AvgIpc) is 3.17. The predicted octanol–water partition coefficient (Wildman–Crippen LogP) is 11.2. The molecule has 0 saturated carbocycles. The number of pyridine rings is 4. The Kier molecular flexibility index (Phi) is 5.84. The van der Waals surface area contributed by atoms with Crippen molar-refractivity contribution in [3.8, 4) is 33.8 Å². The minimum absolute atomic E-state index is 0.865. The topological polar surface area (TPSA) is 51.6 Å². The maximum absolute atomic E-state index is 5.13. The van der Waals surface area contributed by atoms with Crippen LogP contribution in [0, 0.1) is 0 Å². The number of rotatable bonds is 3. The second-order valence-corrected chi connectivity index (χ2v) is 12.2. The van der Waals surface area contributed by atoms with Gasteiger partial charge >= 0.3 is 0 Å². The third kappa shape index (κ3) is 4.10. The van der Waals surface area contributed by atoms with Gasteiger partial charge in [0.1, 0.15) is 0 Å². The monoisotopic (exact) mass is 610 g/mol. The van der Waals surface area contributed by atoms with Crippen LogP contribution in [0.25, 0.3) is 98.8 Å². The van der Waals surface area contributed by atoms with E-state index in [4.69, 9.17) is 15.0 Å². The molecule has 4 nitrogen and oxygen atoms in total. The summed E-state index contributed by atoms with van der Waals surface area (Å²) in [7, 11) is 0. The van der Waals surface area contributed by atoms with Crippen molar-refractivity contribution in [2.24, 2.45) is 0 Å². The van der Waals surface area contributed by atoms with Crippen LogP contribution in [0.1, 0.15) is 0 Å². The van der Waals surface area contributed by atoms with Crippen LogP contribution in [0.4, 0.5) is 0 Å². The minimum atomic E-state index is 0.865. The summed E-state index contributed by atoms with van der Waals surface area (Å²) in [6.45, 7) is 0. The third-order valence-corrected chi connectivity index (χ3v) is 9.52. The van der Waals surface area contributed by atoms with E-state index in [1.807, 2.05) is 36.5 Å². The van der Waals surface area contributed by atoms with Crippen LogP contribution in [-0.2, 0) is 0 Å². The van der Waals surface area contributed by atoms with Gasteiger partial charge in [-0.1, -0.05) is 97.1 Å². The standard InChI is InChI=1S/C44H26N4/c1-2-11-31-30(10-1)36-25-28(38-15-7-16-41(47-38)40-14-5-6-23-45-40)18-20-32(36)33-21-19-29(26-37(31)33)42-34-12-3-4-13-39(34)48-44-35(42)22-17-27-9-8-24-46-43(27)44/h1-26H.